The maximum atomic E-state index is 17.4. The van der Waals surface area contributed by atoms with Crippen molar-refractivity contribution in [2.75, 3.05) is 6.61 Å². The lowest BCUT2D eigenvalue weighted by atomic mass is 9.44. The number of carbonyl (C=O) groups is 3. The van der Waals surface area contributed by atoms with Crippen LogP contribution in [-0.4, -0.2) is 58.5 Å². The molecule has 196 valence electrons. The Bertz CT molecular complexity index is 1090. The van der Waals surface area contributed by atoms with Crippen LogP contribution < -0.4 is 0 Å². The fourth-order valence-electron chi connectivity index (χ4n) is 9.04. The zero-order valence-corrected chi connectivity index (χ0v) is 21.2. The highest BCUT2D eigenvalue weighted by Crippen LogP contribution is 2.73. The molecule has 5 fully saturated rings. The Hall–Kier alpha value is -1.90. The normalized spacial score (nSPS) is 48.1. The second-order valence-corrected chi connectivity index (χ2v) is 12.3. The predicted molar refractivity (Wildman–Crippen MR) is 125 cm³/mol. The smallest absolute Gasteiger partial charge is 0.303 e. The molecule has 6 rings (SSSR count). The van der Waals surface area contributed by atoms with Crippen LogP contribution in [0.2, 0.25) is 0 Å². The number of rotatable bonds is 3. The van der Waals surface area contributed by atoms with Crippen LogP contribution in [-0.2, 0) is 28.6 Å². The van der Waals surface area contributed by atoms with Gasteiger partial charge in [-0.25, -0.2) is 4.39 Å². The molecule has 0 unspecified atom stereocenters. The molecule has 4 saturated carbocycles. The third kappa shape index (κ3) is 2.81. The number of allylic oxidation sites excluding steroid dienone is 4. The van der Waals surface area contributed by atoms with Crippen molar-refractivity contribution >= 4 is 17.5 Å². The molecule has 1 saturated heterocycles. The summed E-state index contributed by atoms with van der Waals surface area (Å²) >= 11 is 0. The minimum Gasteiger partial charge on any atom is -0.458 e. The highest BCUT2D eigenvalue weighted by molar-refractivity contribution is 6.01. The van der Waals surface area contributed by atoms with Crippen molar-refractivity contribution in [1.29, 1.82) is 0 Å². The molecule has 5 aliphatic carbocycles. The summed E-state index contributed by atoms with van der Waals surface area (Å²) in [6.07, 6.45) is 7.23. The van der Waals surface area contributed by atoms with Gasteiger partial charge in [-0.15, -0.1) is 0 Å². The molecule has 1 heterocycles. The Morgan fingerprint density at radius 2 is 1.94 bits per heavy atom. The van der Waals surface area contributed by atoms with Crippen LogP contribution in [0.1, 0.15) is 72.1 Å². The fourth-order valence-corrected chi connectivity index (χ4v) is 9.04. The Labute approximate surface area is 210 Å². The SMILES string of the molecule is CC(=O)OCC(=O)[C@]12OC3(CCCC3)O[C@@H]1C[C@H]1[C@H]3CCC4=CC(=O)C=C[C@]4(C)[C@]3(F)[C@@H](O)C[C@@]12C. The number of ketones is 2. The lowest BCUT2D eigenvalue weighted by Gasteiger charge is -2.62. The van der Waals surface area contributed by atoms with Gasteiger partial charge in [0, 0.05) is 36.5 Å². The number of aliphatic hydroxyl groups excluding tert-OH is 1. The maximum absolute atomic E-state index is 17.4. The van der Waals surface area contributed by atoms with Crippen molar-refractivity contribution in [3.8, 4) is 0 Å². The van der Waals surface area contributed by atoms with Crippen molar-refractivity contribution < 1.29 is 38.1 Å². The first kappa shape index (κ1) is 24.4. The quantitative estimate of drug-likeness (QED) is 0.590. The van der Waals surface area contributed by atoms with Gasteiger partial charge in [-0.1, -0.05) is 18.6 Å². The Morgan fingerprint density at radius 1 is 1.22 bits per heavy atom. The number of halogens is 1. The molecule has 36 heavy (non-hydrogen) atoms. The fraction of sp³-hybridized carbons (Fsp3) is 0.750. The summed E-state index contributed by atoms with van der Waals surface area (Å²) in [7, 11) is 0. The minimum atomic E-state index is -2.00. The van der Waals surface area contributed by atoms with E-state index >= 15 is 4.39 Å². The minimum absolute atomic E-state index is 0.0110. The number of aliphatic hydroxyl groups is 1. The first-order chi connectivity index (χ1) is 16.9. The summed E-state index contributed by atoms with van der Waals surface area (Å²) in [4.78, 5) is 37.5. The van der Waals surface area contributed by atoms with Crippen molar-refractivity contribution in [3.05, 3.63) is 23.8 Å². The van der Waals surface area contributed by atoms with Gasteiger partial charge in [0.2, 0.25) is 5.78 Å². The summed E-state index contributed by atoms with van der Waals surface area (Å²) < 4.78 is 35.8. The molecule has 0 aromatic heterocycles. The first-order valence-electron chi connectivity index (χ1n) is 13.3. The molecule has 8 heteroatoms. The molecular formula is C28H35FO7. The van der Waals surface area contributed by atoms with Gasteiger partial charge in [-0.3, -0.25) is 14.4 Å². The Balaban J connectivity index is 1.44. The first-order valence-corrected chi connectivity index (χ1v) is 13.3. The van der Waals surface area contributed by atoms with Crippen molar-refractivity contribution in [2.45, 2.75) is 101 Å². The molecule has 7 nitrogen and oxygen atoms in total. The van der Waals surface area contributed by atoms with E-state index in [0.29, 0.717) is 37.7 Å². The van der Waals surface area contributed by atoms with E-state index in [0.717, 1.165) is 12.8 Å². The van der Waals surface area contributed by atoms with Crippen LogP contribution in [0, 0.1) is 22.7 Å². The van der Waals surface area contributed by atoms with Gasteiger partial charge < -0.3 is 19.3 Å². The van der Waals surface area contributed by atoms with Crippen LogP contribution in [0.4, 0.5) is 4.39 Å². The number of hydrogen-bond donors (Lipinski definition) is 1. The topological polar surface area (TPSA) is 99.1 Å². The van der Waals surface area contributed by atoms with E-state index in [1.165, 1.54) is 19.1 Å². The number of ether oxygens (including phenoxy) is 3. The van der Waals surface area contributed by atoms with E-state index in [-0.39, 0.29) is 23.9 Å². The van der Waals surface area contributed by atoms with Gasteiger partial charge in [-0.05, 0) is 63.5 Å². The second-order valence-electron chi connectivity index (χ2n) is 12.3. The second kappa shape index (κ2) is 7.58. The van der Waals surface area contributed by atoms with Crippen molar-refractivity contribution in [1.82, 2.24) is 0 Å². The van der Waals surface area contributed by atoms with Crippen LogP contribution in [0.25, 0.3) is 0 Å². The maximum Gasteiger partial charge on any atom is 0.303 e. The average Bonchev–Trinajstić information content (AvgIpc) is 3.47. The third-order valence-corrected chi connectivity index (χ3v) is 10.7. The molecule has 0 bridgehead atoms. The van der Waals surface area contributed by atoms with Crippen LogP contribution in [0.15, 0.2) is 23.8 Å². The molecule has 8 atom stereocenters. The summed E-state index contributed by atoms with van der Waals surface area (Å²) in [6.45, 7) is 4.52. The van der Waals surface area contributed by atoms with E-state index < -0.39 is 58.6 Å². The zero-order valence-electron chi connectivity index (χ0n) is 21.2. The van der Waals surface area contributed by atoms with Gasteiger partial charge in [0.25, 0.3) is 0 Å². The monoisotopic (exact) mass is 502 g/mol. The zero-order chi connectivity index (χ0) is 25.7. The number of fused-ring (bicyclic) bond motifs is 7. The average molecular weight is 503 g/mol. The van der Waals surface area contributed by atoms with Gasteiger partial charge in [-0.2, -0.15) is 0 Å². The summed E-state index contributed by atoms with van der Waals surface area (Å²) in [5.74, 6) is -2.80. The number of carbonyl (C=O) groups excluding carboxylic acids is 3. The van der Waals surface area contributed by atoms with E-state index in [4.69, 9.17) is 14.2 Å². The molecule has 0 aromatic carbocycles. The standard InChI is InChI=1S/C28H35FO7/c1-16(30)34-15-22(33)28-23(35-26(36-28)9-4-5-10-26)13-20-19-7-6-17-12-18(31)8-11-24(17,2)27(19,29)21(32)14-25(20,28)3/h8,11-12,19-21,23,32H,4-7,9-10,13-15H2,1-3H3/t19-,20+,21+,23-,24+,25+,27-,28+/m1/s1. The van der Waals surface area contributed by atoms with Crippen LogP contribution in [0.5, 0.6) is 0 Å². The number of alkyl halides is 1. The molecule has 0 aromatic rings. The van der Waals surface area contributed by atoms with Gasteiger partial charge in [0.15, 0.2) is 29.4 Å². The lowest BCUT2D eigenvalue weighted by molar-refractivity contribution is -0.253. The van der Waals surface area contributed by atoms with Gasteiger partial charge in [0.05, 0.1) is 12.2 Å². The van der Waals surface area contributed by atoms with E-state index in [1.54, 1.807) is 13.0 Å². The summed E-state index contributed by atoms with van der Waals surface area (Å²) in [5, 5.41) is 11.6. The highest BCUT2D eigenvalue weighted by Gasteiger charge is 2.80. The third-order valence-electron chi connectivity index (χ3n) is 10.7. The lowest BCUT2D eigenvalue weighted by Crippen LogP contribution is -2.70. The summed E-state index contributed by atoms with van der Waals surface area (Å²) in [5.41, 5.74) is -4.72. The number of esters is 1. The Kier molecular flexibility index (Phi) is 5.14. The molecule has 1 N–H and O–H groups in total. The predicted octanol–water partition coefficient (Wildman–Crippen LogP) is 3.52. The number of hydrogen-bond acceptors (Lipinski definition) is 7. The van der Waals surface area contributed by atoms with Gasteiger partial charge in [0.1, 0.15) is 0 Å². The molecule has 0 radical (unpaired) electrons. The van der Waals surface area contributed by atoms with E-state index in [1.807, 2.05) is 6.92 Å². The molecule has 1 aliphatic heterocycles. The number of Topliss-reactive ketones (excluding diaryl/α,β-unsaturated/α-hetero) is 1. The van der Waals surface area contributed by atoms with E-state index in [2.05, 4.69) is 0 Å². The van der Waals surface area contributed by atoms with E-state index in [9.17, 15) is 19.5 Å². The van der Waals surface area contributed by atoms with Gasteiger partial charge >= 0.3 is 5.97 Å². The molecular weight excluding hydrogens is 467 g/mol. The molecule has 0 amide bonds. The van der Waals surface area contributed by atoms with Crippen LogP contribution in [0.3, 0.4) is 0 Å². The summed E-state index contributed by atoms with van der Waals surface area (Å²) in [6, 6.07) is 0. The molecule has 1 spiro atoms. The largest absolute Gasteiger partial charge is 0.458 e. The van der Waals surface area contributed by atoms with Crippen molar-refractivity contribution in [3.63, 3.8) is 0 Å². The van der Waals surface area contributed by atoms with Crippen LogP contribution >= 0.6 is 0 Å². The highest BCUT2D eigenvalue weighted by atomic mass is 19.1. The van der Waals surface area contributed by atoms with Crippen molar-refractivity contribution in [2.24, 2.45) is 22.7 Å². The molecule has 6 aliphatic rings. The Morgan fingerprint density at radius 3 is 2.64 bits per heavy atom.